The number of hydrogen-bond donors (Lipinski definition) is 5. The molecule has 0 saturated carbocycles. The molecule has 0 radical (unpaired) electrons. The molecule has 0 aromatic heterocycles. The molecule has 11 heteroatoms. The molecule has 26 heavy (non-hydrogen) atoms. The smallest absolute Gasteiger partial charge is 0.337 e. The summed E-state index contributed by atoms with van der Waals surface area (Å²) in [6, 6.07) is 2.34. The Bertz CT molecular complexity index is 717. The van der Waals surface area contributed by atoms with E-state index in [0.717, 1.165) is 30.8 Å². The minimum atomic E-state index is -1.41. The van der Waals surface area contributed by atoms with Crippen molar-refractivity contribution in [1.29, 1.82) is 0 Å². The average Bonchev–Trinajstić information content (AvgIpc) is 2.53. The Morgan fingerprint density at radius 1 is 1.04 bits per heavy atom. The summed E-state index contributed by atoms with van der Waals surface area (Å²) in [6.45, 7) is 1.16. The number of aliphatic carboxylic acids is 1. The van der Waals surface area contributed by atoms with Crippen LogP contribution in [0.2, 0.25) is 0 Å². The van der Waals surface area contributed by atoms with E-state index in [1.54, 1.807) is 0 Å². The van der Waals surface area contributed by atoms with Crippen LogP contribution in [0.4, 0.5) is 5.69 Å². The van der Waals surface area contributed by atoms with Gasteiger partial charge in [0.25, 0.3) is 0 Å². The molecule has 0 aliphatic rings. The predicted octanol–water partition coefficient (Wildman–Crippen LogP) is 0.344. The first kappa shape index (κ1) is 21.0. The first-order valence-corrected chi connectivity index (χ1v) is 8.26. The van der Waals surface area contributed by atoms with Crippen LogP contribution in [0.15, 0.2) is 18.2 Å². The molecular formula is C15H16N2O8S. The Morgan fingerprint density at radius 3 is 2.00 bits per heavy atom. The summed E-state index contributed by atoms with van der Waals surface area (Å²) in [5, 5.41) is 31.6. The molecule has 0 aliphatic carbocycles. The third-order valence-electron chi connectivity index (χ3n) is 2.98. The molecule has 5 N–H and O–H groups in total. The summed E-state index contributed by atoms with van der Waals surface area (Å²) in [6.07, 6.45) is 0. The summed E-state index contributed by atoms with van der Waals surface area (Å²) in [5.41, 5.74) is -1.12. The van der Waals surface area contributed by atoms with Crippen LogP contribution in [0.5, 0.6) is 0 Å². The predicted molar refractivity (Wildman–Crippen MR) is 91.6 cm³/mol. The Labute approximate surface area is 151 Å². The van der Waals surface area contributed by atoms with Gasteiger partial charge in [0.1, 0.15) is 6.04 Å². The highest BCUT2D eigenvalue weighted by Crippen LogP contribution is 2.22. The van der Waals surface area contributed by atoms with Gasteiger partial charge >= 0.3 is 17.9 Å². The van der Waals surface area contributed by atoms with Gasteiger partial charge in [-0.1, -0.05) is 6.07 Å². The van der Waals surface area contributed by atoms with Crippen LogP contribution in [0.3, 0.4) is 0 Å². The molecule has 140 valence electrons. The van der Waals surface area contributed by atoms with E-state index in [2.05, 4.69) is 10.6 Å². The van der Waals surface area contributed by atoms with Gasteiger partial charge in [0.2, 0.25) is 11.8 Å². The summed E-state index contributed by atoms with van der Waals surface area (Å²) in [4.78, 5) is 56.3. The quantitative estimate of drug-likeness (QED) is 0.403. The number of nitrogens with one attached hydrogen (secondary N) is 2. The van der Waals surface area contributed by atoms with Crippen molar-refractivity contribution in [3.05, 3.63) is 29.3 Å². The molecule has 1 aromatic rings. The Hall–Kier alpha value is -3.08. The van der Waals surface area contributed by atoms with Gasteiger partial charge in [0, 0.05) is 12.7 Å². The van der Waals surface area contributed by atoms with Gasteiger partial charge in [0.05, 0.1) is 22.6 Å². The maximum absolute atomic E-state index is 12.0. The lowest BCUT2D eigenvalue weighted by atomic mass is 10.1. The molecule has 2 amide bonds. The highest BCUT2D eigenvalue weighted by Gasteiger charge is 2.21. The van der Waals surface area contributed by atoms with Crippen molar-refractivity contribution >= 4 is 47.2 Å². The number of carbonyl (C=O) groups is 5. The van der Waals surface area contributed by atoms with E-state index in [0.29, 0.717) is 0 Å². The van der Waals surface area contributed by atoms with E-state index >= 15 is 0 Å². The van der Waals surface area contributed by atoms with Crippen LogP contribution < -0.4 is 10.6 Å². The van der Waals surface area contributed by atoms with Crippen molar-refractivity contribution in [1.82, 2.24) is 5.32 Å². The zero-order valence-corrected chi connectivity index (χ0v) is 14.3. The van der Waals surface area contributed by atoms with Crippen molar-refractivity contribution in [3.63, 3.8) is 0 Å². The van der Waals surface area contributed by atoms with E-state index in [9.17, 15) is 24.0 Å². The van der Waals surface area contributed by atoms with Gasteiger partial charge in [-0.3, -0.25) is 9.59 Å². The fraction of sp³-hybridized carbons (Fsp3) is 0.267. The van der Waals surface area contributed by atoms with E-state index in [1.807, 2.05) is 0 Å². The lowest BCUT2D eigenvalue weighted by molar-refractivity contribution is -0.140. The molecule has 0 spiro atoms. The van der Waals surface area contributed by atoms with Crippen LogP contribution in [0.25, 0.3) is 0 Å². The largest absolute Gasteiger partial charge is 0.480 e. The lowest BCUT2D eigenvalue weighted by Crippen LogP contribution is -2.41. The first-order valence-electron chi connectivity index (χ1n) is 7.10. The number of para-hydroxylation sites is 1. The molecule has 0 aliphatic heterocycles. The second kappa shape index (κ2) is 9.42. The van der Waals surface area contributed by atoms with Crippen LogP contribution in [0.1, 0.15) is 27.6 Å². The topological polar surface area (TPSA) is 170 Å². The van der Waals surface area contributed by atoms with Crippen LogP contribution in [0, 0.1) is 0 Å². The maximum atomic E-state index is 12.0. The second-order valence-electron chi connectivity index (χ2n) is 4.99. The third kappa shape index (κ3) is 6.09. The Morgan fingerprint density at radius 2 is 1.58 bits per heavy atom. The van der Waals surface area contributed by atoms with Crippen LogP contribution >= 0.6 is 11.8 Å². The van der Waals surface area contributed by atoms with Crippen molar-refractivity contribution < 1.29 is 39.3 Å². The number of carboxylic acids is 3. The molecule has 10 nitrogen and oxygen atoms in total. The van der Waals surface area contributed by atoms with Crippen LogP contribution in [-0.2, 0) is 14.4 Å². The second-order valence-corrected chi connectivity index (χ2v) is 6.02. The number of anilines is 1. The van der Waals surface area contributed by atoms with Crippen molar-refractivity contribution in [2.75, 3.05) is 16.8 Å². The molecule has 1 atom stereocenters. The third-order valence-corrected chi connectivity index (χ3v) is 4.02. The molecule has 0 saturated heterocycles. The van der Waals surface area contributed by atoms with Crippen molar-refractivity contribution in [2.45, 2.75) is 13.0 Å². The highest BCUT2D eigenvalue weighted by atomic mass is 32.2. The molecule has 0 bridgehead atoms. The minimum absolute atomic E-state index is 0.102. The standard InChI is InChI=1S/C15H16N2O8S/c1-7(18)16-10(15(24)25)5-26-6-11(19)17-12-8(13(20)21)3-2-4-9(12)14(22)23/h2-4,10H,5-6H2,1H3,(H,16,18)(H,17,19)(H,20,21)(H,22,23)(H,24,25). The van der Waals surface area contributed by atoms with Crippen LogP contribution in [-0.4, -0.2) is 62.6 Å². The summed E-state index contributed by atoms with van der Waals surface area (Å²) in [5.74, 6) is -5.70. The average molecular weight is 384 g/mol. The normalized spacial score (nSPS) is 11.3. The maximum Gasteiger partial charge on any atom is 0.337 e. The number of hydrogen-bond acceptors (Lipinski definition) is 6. The van der Waals surface area contributed by atoms with E-state index in [1.165, 1.54) is 6.07 Å². The molecule has 0 heterocycles. The van der Waals surface area contributed by atoms with E-state index < -0.39 is 35.8 Å². The summed E-state index contributed by atoms with van der Waals surface area (Å²) < 4.78 is 0. The number of benzene rings is 1. The molecular weight excluding hydrogens is 368 g/mol. The number of carboxylic acid groups (broad SMARTS) is 3. The molecule has 1 rings (SSSR count). The fourth-order valence-electron chi connectivity index (χ4n) is 1.91. The Balaban J connectivity index is 2.79. The number of amides is 2. The number of rotatable bonds is 9. The van der Waals surface area contributed by atoms with Gasteiger partial charge in [-0.05, 0) is 12.1 Å². The SMILES string of the molecule is CC(=O)NC(CSCC(=O)Nc1c(C(=O)O)cccc1C(=O)O)C(=O)O. The zero-order valence-electron chi connectivity index (χ0n) is 13.5. The van der Waals surface area contributed by atoms with Gasteiger partial charge in [-0.25, -0.2) is 14.4 Å². The first-order chi connectivity index (χ1) is 12.1. The van der Waals surface area contributed by atoms with Gasteiger partial charge in [-0.2, -0.15) is 0 Å². The molecule has 1 unspecified atom stereocenters. The minimum Gasteiger partial charge on any atom is -0.480 e. The summed E-state index contributed by atoms with van der Waals surface area (Å²) in [7, 11) is 0. The van der Waals surface area contributed by atoms with E-state index in [-0.39, 0.29) is 28.3 Å². The van der Waals surface area contributed by atoms with Gasteiger partial charge in [0.15, 0.2) is 0 Å². The van der Waals surface area contributed by atoms with Crippen molar-refractivity contribution in [2.24, 2.45) is 0 Å². The number of thioether (sulfide) groups is 1. The molecule has 0 fully saturated rings. The Kier molecular flexibility index (Phi) is 7.59. The van der Waals surface area contributed by atoms with Crippen molar-refractivity contribution in [3.8, 4) is 0 Å². The lowest BCUT2D eigenvalue weighted by Gasteiger charge is -2.14. The molecule has 1 aromatic carbocycles. The summed E-state index contributed by atoms with van der Waals surface area (Å²) >= 11 is 0.885. The number of aromatic carboxylic acids is 2. The van der Waals surface area contributed by atoms with Gasteiger partial charge < -0.3 is 26.0 Å². The van der Waals surface area contributed by atoms with E-state index in [4.69, 9.17) is 15.3 Å². The van der Waals surface area contributed by atoms with Gasteiger partial charge in [-0.15, -0.1) is 11.8 Å². The highest BCUT2D eigenvalue weighted by molar-refractivity contribution is 8.00. The number of carbonyl (C=O) groups excluding carboxylic acids is 2. The fourth-order valence-corrected chi connectivity index (χ4v) is 2.75. The zero-order chi connectivity index (χ0) is 19.9. The monoisotopic (exact) mass is 384 g/mol.